The minimum absolute atomic E-state index is 0.515. The van der Waals surface area contributed by atoms with E-state index in [1.54, 1.807) is 24.3 Å². The van der Waals surface area contributed by atoms with Crippen molar-refractivity contribution in [3.05, 3.63) is 70.2 Å². The standard InChI is InChI=1S/C16H14ClF2NO2/c1-9(15(21)10-5-7-11(17)8-6-10)20-16(22)14-12(18)3-2-4-13(14)19/h2-9,15,21H,1H3,(H,20,22). The van der Waals surface area contributed by atoms with Crippen molar-refractivity contribution in [3.8, 4) is 0 Å². The predicted molar refractivity (Wildman–Crippen MR) is 79.7 cm³/mol. The third-order valence-electron chi connectivity index (χ3n) is 3.23. The fraction of sp³-hybridized carbons (Fsp3) is 0.188. The van der Waals surface area contributed by atoms with Crippen LogP contribution in [-0.2, 0) is 0 Å². The zero-order valence-corrected chi connectivity index (χ0v) is 12.4. The summed E-state index contributed by atoms with van der Waals surface area (Å²) in [6.07, 6.45) is -1.03. The summed E-state index contributed by atoms with van der Waals surface area (Å²) < 4.78 is 27.1. The van der Waals surface area contributed by atoms with Gasteiger partial charge in [-0.2, -0.15) is 0 Å². The number of carbonyl (C=O) groups is 1. The van der Waals surface area contributed by atoms with Crippen LogP contribution in [0, 0.1) is 11.6 Å². The summed E-state index contributed by atoms with van der Waals surface area (Å²) in [5.41, 5.74) is -0.135. The largest absolute Gasteiger partial charge is 0.386 e. The maximum absolute atomic E-state index is 13.5. The van der Waals surface area contributed by atoms with E-state index in [9.17, 15) is 18.7 Å². The molecule has 2 atom stereocenters. The van der Waals surface area contributed by atoms with E-state index < -0.39 is 35.3 Å². The van der Waals surface area contributed by atoms with Gasteiger partial charge >= 0.3 is 0 Å². The Kier molecular flexibility index (Phi) is 5.11. The van der Waals surface area contributed by atoms with Crippen molar-refractivity contribution in [3.63, 3.8) is 0 Å². The number of aliphatic hydroxyl groups is 1. The summed E-state index contributed by atoms with van der Waals surface area (Å²) in [4.78, 5) is 12.0. The van der Waals surface area contributed by atoms with Crippen molar-refractivity contribution in [2.24, 2.45) is 0 Å². The lowest BCUT2D eigenvalue weighted by molar-refractivity contribution is 0.0844. The van der Waals surface area contributed by atoms with Crippen LogP contribution in [0.25, 0.3) is 0 Å². The normalized spacial score (nSPS) is 13.5. The molecule has 3 nitrogen and oxygen atoms in total. The van der Waals surface area contributed by atoms with Gasteiger partial charge in [-0.15, -0.1) is 0 Å². The molecule has 2 rings (SSSR count). The zero-order chi connectivity index (χ0) is 16.3. The van der Waals surface area contributed by atoms with Gasteiger partial charge in [-0.25, -0.2) is 8.78 Å². The van der Waals surface area contributed by atoms with Gasteiger partial charge in [0.05, 0.1) is 12.1 Å². The molecular weight excluding hydrogens is 312 g/mol. The fourth-order valence-corrected chi connectivity index (χ4v) is 2.15. The number of hydrogen-bond donors (Lipinski definition) is 2. The van der Waals surface area contributed by atoms with Crippen molar-refractivity contribution in [1.29, 1.82) is 0 Å². The Morgan fingerprint density at radius 1 is 1.14 bits per heavy atom. The van der Waals surface area contributed by atoms with Crippen molar-refractivity contribution >= 4 is 17.5 Å². The van der Waals surface area contributed by atoms with E-state index in [1.165, 1.54) is 13.0 Å². The Morgan fingerprint density at radius 3 is 2.23 bits per heavy atom. The summed E-state index contributed by atoms with van der Waals surface area (Å²) in [7, 11) is 0. The number of amides is 1. The number of carbonyl (C=O) groups excluding carboxylic acids is 1. The molecule has 6 heteroatoms. The van der Waals surface area contributed by atoms with Crippen LogP contribution in [0.15, 0.2) is 42.5 Å². The van der Waals surface area contributed by atoms with Crippen molar-refractivity contribution in [1.82, 2.24) is 5.32 Å². The first-order valence-electron chi connectivity index (χ1n) is 6.58. The van der Waals surface area contributed by atoms with Crippen LogP contribution < -0.4 is 5.32 Å². The van der Waals surface area contributed by atoms with Gasteiger partial charge in [0, 0.05) is 5.02 Å². The molecule has 116 valence electrons. The third kappa shape index (κ3) is 3.61. The number of nitrogens with one attached hydrogen (secondary N) is 1. The molecule has 0 aromatic heterocycles. The molecule has 2 N–H and O–H groups in total. The van der Waals surface area contributed by atoms with Gasteiger partial charge in [-0.1, -0.05) is 29.8 Å². The first kappa shape index (κ1) is 16.4. The van der Waals surface area contributed by atoms with Gasteiger partial charge in [-0.05, 0) is 36.8 Å². The number of aliphatic hydroxyl groups excluding tert-OH is 1. The van der Waals surface area contributed by atoms with Crippen molar-refractivity contribution in [2.75, 3.05) is 0 Å². The topological polar surface area (TPSA) is 49.3 Å². The van der Waals surface area contributed by atoms with Gasteiger partial charge in [0.25, 0.3) is 5.91 Å². The van der Waals surface area contributed by atoms with Gasteiger partial charge in [0.15, 0.2) is 0 Å². The van der Waals surface area contributed by atoms with E-state index in [2.05, 4.69) is 5.32 Å². The minimum Gasteiger partial charge on any atom is -0.386 e. The Balaban J connectivity index is 2.12. The molecule has 0 saturated carbocycles. The summed E-state index contributed by atoms with van der Waals surface area (Å²) in [6.45, 7) is 1.54. The highest BCUT2D eigenvalue weighted by molar-refractivity contribution is 6.30. The van der Waals surface area contributed by atoms with Crippen molar-refractivity contribution < 1.29 is 18.7 Å². The zero-order valence-electron chi connectivity index (χ0n) is 11.7. The summed E-state index contributed by atoms with van der Waals surface area (Å²) in [5, 5.41) is 13.1. The second-order valence-electron chi connectivity index (χ2n) is 4.86. The van der Waals surface area contributed by atoms with Crippen LogP contribution in [0.3, 0.4) is 0 Å². The van der Waals surface area contributed by atoms with Crippen LogP contribution in [0.2, 0.25) is 5.02 Å². The van der Waals surface area contributed by atoms with Gasteiger partial charge in [0.1, 0.15) is 17.2 Å². The number of halogens is 3. The Bertz CT molecular complexity index is 656. The molecule has 2 unspecified atom stereocenters. The lowest BCUT2D eigenvalue weighted by atomic mass is 10.0. The number of benzene rings is 2. The van der Waals surface area contributed by atoms with E-state index in [1.807, 2.05) is 0 Å². The van der Waals surface area contributed by atoms with E-state index in [-0.39, 0.29) is 0 Å². The lowest BCUT2D eigenvalue weighted by Gasteiger charge is -2.21. The molecule has 2 aromatic rings. The maximum atomic E-state index is 13.5. The maximum Gasteiger partial charge on any atom is 0.257 e. The molecule has 0 aliphatic carbocycles. The second kappa shape index (κ2) is 6.85. The predicted octanol–water partition coefficient (Wildman–Crippen LogP) is 3.47. The molecule has 0 saturated heterocycles. The monoisotopic (exact) mass is 325 g/mol. The Hall–Kier alpha value is -1.98. The van der Waals surface area contributed by atoms with E-state index in [0.29, 0.717) is 10.6 Å². The molecule has 0 bridgehead atoms. The van der Waals surface area contributed by atoms with Gasteiger partial charge in [-0.3, -0.25) is 4.79 Å². The SMILES string of the molecule is CC(NC(=O)c1c(F)cccc1F)C(O)c1ccc(Cl)cc1. The Morgan fingerprint density at radius 2 is 1.68 bits per heavy atom. The molecule has 0 aliphatic heterocycles. The van der Waals surface area contributed by atoms with E-state index in [4.69, 9.17) is 11.6 Å². The average molecular weight is 326 g/mol. The third-order valence-corrected chi connectivity index (χ3v) is 3.49. The molecule has 0 spiro atoms. The van der Waals surface area contributed by atoms with Crippen LogP contribution in [-0.4, -0.2) is 17.1 Å². The van der Waals surface area contributed by atoms with Crippen molar-refractivity contribution in [2.45, 2.75) is 19.1 Å². The summed E-state index contributed by atoms with van der Waals surface area (Å²) >= 11 is 5.76. The van der Waals surface area contributed by atoms with Crippen LogP contribution in [0.5, 0.6) is 0 Å². The summed E-state index contributed by atoms with van der Waals surface area (Å²) in [5.74, 6) is -2.83. The van der Waals surface area contributed by atoms with Crippen LogP contribution in [0.1, 0.15) is 28.9 Å². The molecule has 2 aromatic carbocycles. The second-order valence-corrected chi connectivity index (χ2v) is 5.29. The number of hydrogen-bond acceptors (Lipinski definition) is 2. The summed E-state index contributed by atoms with van der Waals surface area (Å²) in [6, 6.07) is 8.85. The molecule has 0 radical (unpaired) electrons. The highest BCUT2D eigenvalue weighted by Gasteiger charge is 2.22. The Labute approximate surface area is 131 Å². The van der Waals surface area contributed by atoms with Crippen LogP contribution >= 0.6 is 11.6 Å². The smallest absolute Gasteiger partial charge is 0.257 e. The molecule has 0 aliphatic rings. The quantitative estimate of drug-likeness (QED) is 0.904. The molecule has 22 heavy (non-hydrogen) atoms. The molecule has 1 amide bonds. The van der Waals surface area contributed by atoms with Gasteiger partial charge in [0.2, 0.25) is 0 Å². The number of rotatable bonds is 4. The average Bonchev–Trinajstić information content (AvgIpc) is 2.47. The van der Waals surface area contributed by atoms with E-state index >= 15 is 0 Å². The van der Waals surface area contributed by atoms with Gasteiger partial charge < -0.3 is 10.4 Å². The van der Waals surface area contributed by atoms with Crippen LogP contribution in [0.4, 0.5) is 8.78 Å². The lowest BCUT2D eigenvalue weighted by Crippen LogP contribution is -2.37. The van der Waals surface area contributed by atoms with E-state index in [0.717, 1.165) is 12.1 Å². The molecule has 0 fully saturated rings. The molecule has 0 heterocycles. The minimum atomic E-state index is -1.03. The first-order chi connectivity index (χ1) is 10.4. The highest BCUT2D eigenvalue weighted by atomic mass is 35.5. The molecular formula is C16H14ClF2NO2. The first-order valence-corrected chi connectivity index (χ1v) is 6.96. The highest BCUT2D eigenvalue weighted by Crippen LogP contribution is 2.20. The fourth-order valence-electron chi connectivity index (χ4n) is 2.02.